The van der Waals surface area contributed by atoms with Crippen molar-refractivity contribution < 1.29 is 14.4 Å². The van der Waals surface area contributed by atoms with Gasteiger partial charge in [-0.25, -0.2) is 0 Å². The number of hydrogen-bond acceptors (Lipinski definition) is 7. The Labute approximate surface area is 165 Å². The third-order valence-electron chi connectivity index (χ3n) is 4.39. The number of benzene rings is 2. The van der Waals surface area contributed by atoms with Crippen LogP contribution in [0.15, 0.2) is 47.6 Å². The second-order valence-corrected chi connectivity index (χ2v) is 7.61. The summed E-state index contributed by atoms with van der Waals surface area (Å²) in [7, 11) is 0. The van der Waals surface area contributed by atoms with Gasteiger partial charge in [0.15, 0.2) is 16.7 Å². The van der Waals surface area contributed by atoms with Crippen LogP contribution in [0, 0.1) is 24.0 Å². The summed E-state index contributed by atoms with van der Waals surface area (Å²) >= 11 is 1.32. The monoisotopic (exact) mass is 398 g/mol. The van der Waals surface area contributed by atoms with Crippen LogP contribution < -0.4 is 9.47 Å². The molecule has 0 saturated heterocycles. The van der Waals surface area contributed by atoms with Crippen LogP contribution in [0.25, 0.3) is 5.69 Å². The molecule has 1 aliphatic heterocycles. The smallest absolute Gasteiger partial charge is 0.231 e. The molecule has 1 aromatic heterocycles. The van der Waals surface area contributed by atoms with Gasteiger partial charge in [-0.05, 0) is 49.2 Å². The predicted octanol–water partition coefficient (Wildman–Crippen LogP) is 3.72. The van der Waals surface area contributed by atoms with Crippen LogP contribution in [-0.2, 0) is 0 Å². The summed E-state index contributed by atoms with van der Waals surface area (Å²) < 4.78 is 12.7. The van der Waals surface area contributed by atoms with Crippen molar-refractivity contribution in [3.8, 4) is 17.2 Å². The molecule has 0 unspecified atom stereocenters. The Bertz CT molecular complexity index is 1040. The van der Waals surface area contributed by atoms with Gasteiger partial charge in [-0.2, -0.15) is 0 Å². The quantitative estimate of drug-likeness (QED) is 0.355. The SMILES string of the molecule is Cc1cccc(-n2c(C)nnc2S[C@H](C[N+](=O)[O-])c2ccc3c(c2)OCO3)c1. The second-order valence-electron chi connectivity index (χ2n) is 6.44. The van der Waals surface area contributed by atoms with Gasteiger partial charge in [0.1, 0.15) is 11.1 Å². The third-order valence-corrected chi connectivity index (χ3v) is 5.57. The Morgan fingerprint density at radius 3 is 2.79 bits per heavy atom. The highest BCUT2D eigenvalue weighted by Crippen LogP contribution is 2.40. The molecule has 8 nitrogen and oxygen atoms in total. The fourth-order valence-electron chi connectivity index (χ4n) is 3.07. The number of hydrogen-bond donors (Lipinski definition) is 0. The van der Waals surface area contributed by atoms with Crippen molar-refractivity contribution in [2.45, 2.75) is 24.3 Å². The van der Waals surface area contributed by atoms with E-state index in [4.69, 9.17) is 9.47 Å². The molecule has 0 N–H and O–H groups in total. The van der Waals surface area contributed by atoms with Crippen LogP contribution in [0.4, 0.5) is 0 Å². The summed E-state index contributed by atoms with van der Waals surface area (Å²) in [6, 6.07) is 13.4. The Morgan fingerprint density at radius 2 is 2.00 bits per heavy atom. The zero-order valence-electron chi connectivity index (χ0n) is 15.4. The maximum Gasteiger partial charge on any atom is 0.231 e. The maximum absolute atomic E-state index is 11.3. The summed E-state index contributed by atoms with van der Waals surface area (Å²) in [5.41, 5.74) is 2.82. The zero-order valence-corrected chi connectivity index (χ0v) is 16.2. The highest BCUT2D eigenvalue weighted by molar-refractivity contribution is 7.99. The number of nitrogens with zero attached hydrogens (tertiary/aromatic N) is 4. The average molecular weight is 398 g/mol. The van der Waals surface area contributed by atoms with Crippen molar-refractivity contribution in [3.05, 3.63) is 69.5 Å². The minimum Gasteiger partial charge on any atom is -0.454 e. The van der Waals surface area contributed by atoms with E-state index in [1.165, 1.54) is 11.8 Å². The number of fused-ring (bicyclic) bond motifs is 1. The first-order chi connectivity index (χ1) is 13.5. The summed E-state index contributed by atoms with van der Waals surface area (Å²) in [4.78, 5) is 11.0. The second kappa shape index (κ2) is 7.51. The van der Waals surface area contributed by atoms with Gasteiger partial charge in [0.05, 0.1) is 0 Å². The predicted molar refractivity (Wildman–Crippen MR) is 104 cm³/mol. The molecule has 3 aromatic rings. The van der Waals surface area contributed by atoms with Gasteiger partial charge in [-0.3, -0.25) is 14.7 Å². The molecule has 0 aliphatic carbocycles. The first-order valence-corrected chi connectivity index (χ1v) is 9.56. The molecule has 1 aliphatic rings. The molecule has 4 rings (SSSR count). The van der Waals surface area contributed by atoms with Crippen LogP contribution in [0.1, 0.15) is 22.2 Å². The van der Waals surface area contributed by atoms with Gasteiger partial charge in [-0.15, -0.1) is 10.2 Å². The van der Waals surface area contributed by atoms with Gasteiger partial charge < -0.3 is 9.47 Å². The van der Waals surface area contributed by atoms with Gasteiger partial charge in [0, 0.05) is 10.6 Å². The molecule has 2 aromatic carbocycles. The number of thioether (sulfide) groups is 1. The van der Waals surface area contributed by atoms with E-state index in [1.807, 2.05) is 48.7 Å². The highest BCUT2D eigenvalue weighted by Gasteiger charge is 2.26. The van der Waals surface area contributed by atoms with E-state index in [2.05, 4.69) is 10.2 Å². The standard InChI is InChI=1S/C19H18N4O4S/c1-12-4-3-5-15(8-12)23-13(2)20-21-19(23)28-18(10-22(24)25)14-6-7-16-17(9-14)27-11-26-16/h3-9,18H,10-11H2,1-2H3/t18-/m1/s1. The average Bonchev–Trinajstić information content (AvgIpc) is 3.26. The Balaban J connectivity index is 1.69. The summed E-state index contributed by atoms with van der Waals surface area (Å²) in [5, 5.41) is 19.9. The fraction of sp³-hybridized carbons (Fsp3) is 0.263. The minimum absolute atomic E-state index is 0.159. The van der Waals surface area contributed by atoms with Gasteiger partial charge in [0.2, 0.25) is 13.3 Å². The molecule has 0 saturated carbocycles. The normalized spacial score (nSPS) is 13.5. The fourth-order valence-corrected chi connectivity index (χ4v) is 4.23. The van der Waals surface area contributed by atoms with E-state index >= 15 is 0 Å². The number of aromatic nitrogens is 3. The van der Waals surface area contributed by atoms with Crippen LogP contribution in [0.2, 0.25) is 0 Å². The van der Waals surface area contributed by atoms with Gasteiger partial charge in [-0.1, -0.05) is 30.0 Å². The summed E-state index contributed by atoms with van der Waals surface area (Å²) in [6.45, 7) is 3.79. The number of aryl methyl sites for hydroxylation is 2. The topological polar surface area (TPSA) is 92.3 Å². The van der Waals surface area contributed by atoms with E-state index in [0.29, 0.717) is 16.7 Å². The van der Waals surface area contributed by atoms with Crippen molar-refractivity contribution >= 4 is 11.8 Å². The molecule has 0 amide bonds. The number of ether oxygens (including phenoxy) is 2. The van der Waals surface area contributed by atoms with Crippen molar-refractivity contribution in [2.24, 2.45) is 0 Å². The minimum atomic E-state index is -0.448. The molecule has 9 heteroatoms. The Morgan fingerprint density at radius 1 is 1.18 bits per heavy atom. The summed E-state index contributed by atoms with van der Waals surface area (Å²) in [6.07, 6.45) is 0. The Hall–Kier alpha value is -3.07. The molecule has 144 valence electrons. The number of rotatable bonds is 6. The van der Waals surface area contributed by atoms with Crippen molar-refractivity contribution in [1.29, 1.82) is 0 Å². The molecule has 2 heterocycles. The van der Waals surface area contributed by atoms with E-state index in [9.17, 15) is 10.1 Å². The Kier molecular flexibility index (Phi) is 4.91. The molecular formula is C19H18N4O4S. The third kappa shape index (κ3) is 3.65. The maximum atomic E-state index is 11.3. The van der Waals surface area contributed by atoms with E-state index in [1.54, 1.807) is 12.1 Å². The van der Waals surface area contributed by atoms with Gasteiger partial charge in [0.25, 0.3) is 0 Å². The van der Waals surface area contributed by atoms with Crippen LogP contribution in [0.5, 0.6) is 11.5 Å². The summed E-state index contributed by atoms with van der Waals surface area (Å²) in [5.74, 6) is 1.97. The van der Waals surface area contributed by atoms with Gasteiger partial charge >= 0.3 is 0 Å². The molecule has 0 radical (unpaired) electrons. The van der Waals surface area contributed by atoms with Crippen LogP contribution in [-0.4, -0.2) is 33.0 Å². The molecule has 0 spiro atoms. The molecule has 0 bridgehead atoms. The molecule has 1 atom stereocenters. The van der Waals surface area contributed by atoms with E-state index in [-0.39, 0.29) is 18.3 Å². The van der Waals surface area contributed by atoms with Crippen molar-refractivity contribution in [2.75, 3.05) is 13.3 Å². The number of nitro groups is 1. The lowest BCUT2D eigenvalue weighted by Crippen LogP contribution is -2.11. The van der Waals surface area contributed by atoms with Crippen LogP contribution >= 0.6 is 11.8 Å². The molecule has 28 heavy (non-hydrogen) atoms. The van der Waals surface area contributed by atoms with Crippen molar-refractivity contribution in [1.82, 2.24) is 14.8 Å². The largest absolute Gasteiger partial charge is 0.454 e. The van der Waals surface area contributed by atoms with E-state index in [0.717, 1.165) is 22.6 Å². The van der Waals surface area contributed by atoms with Crippen molar-refractivity contribution in [3.63, 3.8) is 0 Å². The molecule has 0 fully saturated rings. The lowest BCUT2D eigenvalue weighted by Gasteiger charge is -2.15. The highest BCUT2D eigenvalue weighted by atomic mass is 32.2. The lowest BCUT2D eigenvalue weighted by atomic mass is 10.1. The molecular weight excluding hydrogens is 380 g/mol. The first-order valence-electron chi connectivity index (χ1n) is 8.68. The zero-order chi connectivity index (χ0) is 19.7. The lowest BCUT2D eigenvalue weighted by molar-refractivity contribution is -0.479. The first kappa shape index (κ1) is 18.3. The van der Waals surface area contributed by atoms with Crippen LogP contribution in [0.3, 0.4) is 0 Å². The van der Waals surface area contributed by atoms with E-state index < -0.39 is 5.25 Å².